The molecule has 1 aromatic heterocycles. The Kier molecular flexibility index (Phi) is 6.21. The first-order chi connectivity index (χ1) is 12.7. The summed E-state index contributed by atoms with van der Waals surface area (Å²) in [6.07, 6.45) is 6.14. The van der Waals surface area contributed by atoms with Crippen molar-refractivity contribution in [1.82, 2.24) is 15.1 Å². The van der Waals surface area contributed by atoms with Gasteiger partial charge in [-0.15, -0.1) is 0 Å². The molecule has 1 aromatic carbocycles. The van der Waals surface area contributed by atoms with E-state index in [4.69, 9.17) is 0 Å². The smallest absolute Gasteiger partial charge is 0.267 e. The van der Waals surface area contributed by atoms with E-state index in [9.17, 15) is 9.59 Å². The van der Waals surface area contributed by atoms with Crippen LogP contribution < -0.4 is 10.9 Å². The lowest BCUT2D eigenvalue weighted by Gasteiger charge is -2.27. The summed E-state index contributed by atoms with van der Waals surface area (Å²) in [5.74, 6) is 1.26. The van der Waals surface area contributed by atoms with E-state index >= 15 is 0 Å². The van der Waals surface area contributed by atoms with Gasteiger partial charge < -0.3 is 5.32 Å². The molecule has 26 heavy (non-hydrogen) atoms. The topological polar surface area (TPSA) is 64.0 Å². The summed E-state index contributed by atoms with van der Waals surface area (Å²) in [5, 5.41) is 7.32. The van der Waals surface area contributed by atoms with Gasteiger partial charge in [-0.05, 0) is 30.7 Å². The number of nitrogens with zero attached hydrogens (tertiary/aromatic N) is 2. The van der Waals surface area contributed by atoms with Crippen molar-refractivity contribution < 1.29 is 4.79 Å². The number of rotatable bonds is 6. The van der Waals surface area contributed by atoms with Crippen LogP contribution in [0.1, 0.15) is 39.0 Å². The Bertz CT molecular complexity index is 777. The maximum absolute atomic E-state index is 12.3. The van der Waals surface area contributed by atoms with Gasteiger partial charge in [0, 0.05) is 18.2 Å². The predicted octanol–water partition coefficient (Wildman–Crippen LogP) is 3.24. The number of benzene rings is 1. The molecule has 1 amide bonds. The van der Waals surface area contributed by atoms with Gasteiger partial charge in [-0.25, -0.2) is 4.68 Å². The monoisotopic (exact) mass is 353 g/mol. The van der Waals surface area contributed by atoms with E-state index in [-0.39, 0.29) is 18.0 Å². The molecule has 5 nitrogen and oxygen atoms in total. The van der Waals surface area contributed by atoms with Crippen molar-refractivity contribution in [3.05, 3.63) is 52.8 Å². The summed E-state index contributed by atoms with van der Waals surface area (Å²) in [6.45, 7) is 2.91. The van der Waals surface area contributed by atoms with Gasteiger partial charge in [0.05, 0.1) is 5.69 Å². The first kappa shape index (κ1) is 18.4. The van der Waals surface area contributed by atoms with Crippen LogP contribution in [0, 0.1) is 11.8 Å². The first-order valence-electron chi connectivity index (χ1n) is 9.56. The molecule has 0 unspecified atom stereocenters. The van der Waals surface area contributed by atoms with E-state index < -0.39 is 0 Å². The summed E-state index contributed by atoms with van der Waals surface area (Å²) in [4.78, 5) is 24.3. The molecule has 2 aromatic rings. The lowest BCUT2D eigenvalue weighted by atomic mass is 9.81. The molecule has 1 N–H and O–H groups in total. The summed E-state index contributed by atoms with van der Waals surface area (Å²) in [6, 6.07) is 12.8. The van der Waals surface area contributed by atoms with Crippen LogP contribution >= 0.6 is 0 Å². The molecular weight excluding hydrogens is 326 g/mol. The lowest BCUT2D eigenvalue weighted by molar-refractivity contribution is -0.122. The van der Waals surface area contributed by atoms with Crippen LogP contribution in [0.25, 0.3) is 11.3 Å². The summed E-state index contributed by atoms with van der Waals surface area (Å²) in [7, 11) is 0. The van der Waals surface area contributed by atoms with Crippen LogP contribution in [0.2, 0.25) is 0 Å². The number of hydrogen-bond acceptors (Lipinski definition) is 3. The highest BCUT2D eigenvalue weighted by molar-refractivity contribution is 5.75. The maximum atomic E-state index is 12.3. The highest BCUT2D eigenvalue weighted by atomic mass is 16.2. The quantitative estimate of drug-likeness (QED) is 0.867. The van der Waals surface area contributed by atoms with Crippen molar-refractivity contribution in [3.8, 4) is 11.3 Å². The van der Waals surface area contributed by atoms with Crippen molar-refractivity contribution >= 4 is 5.91 Å². The van der Waals surface area contributed by atoms with E-state index in [0.29, 0.717) is 18.2 Å². The molecular formula is C21H27N3O2. The number of aromatic nitrogens is 2. The van der Waals surface area contributed by atoms with Gasteiger partial charge in [0.25, 0.3) is 5.56 Å². The maximum Gasteiger partial charge on any atom is 0.267 e. The summed E-state index contributed by atoms with van der Waals surface area (Å²) < 4.78 is 1.24. The minimum absolute atomic E-state index is 0.0379. The second-order valence-corrected chi connectivity index (χ2v) is 7.18. The number of carbonyl (C=O) groups excluding carboxylic acids is 1. The second-order valence-electron chi connectivity index (χ2n) is 7.18. The summed E-state index contributed by atoms with van der Waals surface area (Å²) in [5.41, 5.74) is 1.36. The highest BCUT2D eigenvalue weighted by Gasteiger charge is 2.20. The van der Waals surface area contributed by atoms with Crippen molar-refractivity contribution in [2.75, 3.05) is 6.54 Å². The third-order valence-corrected chi connectivity index (χ3v) is 5.36. The minimum Gasteiger partial charge on any atom is -0.354 e. The SMILES string of the molecule is CCC1CCC(CNC(=O)Cn2nc(-c3ccccc3)ccc2=O)CC1. The van der Waals surface area contributed by atoms with E-state index in [0.717, 1.165) is 11.5 Å². The Balaban J connectivity index is 1.57. The van der Waals surface area contributed by atoms with E-state index in [1.165, 1.54) is 42.9 Å². The molecule has 0 bridgehead atoms. The molecule has 138 valence electrons. The largest absolute Gasteiger partial charge is 0.354 e. The van der Waals surface area contributed by atoms with Gasteiger partial charge in [-0.2, -0.15) is 5.10 Å². The molecule has 0 saturated heterocycles. The van der Waals surface area contributed by atoms with Gasteiger partial charge in [0.1, 0.15) is 6.54 Å². The molecule has 1 heterocycles. The molecule has 1 aliphatic carbocycles. The zero-order valence-corrected chi connectivity index (χ0v) is 15.4. The van der Waals surface area contributed by atoms with Gasteiger partial charge >= 0.3 is 0 Å². The fourth-order valence-electron chi connectivity index (χ4n) is 3.62. The Morgan fingerprint density at radius 2 is 1.77 bits per heavy atom. The van der Waals surface area contributed by atoms with Crippen molar-refractivity contribution in [2.45, 2.75) is 45.6 Å². The van der Waals surface area contributed by atoms with Crippen LogP contribution in [-0.4, -0.2) is 22.2 Å². The molecule has 0 aliphatic heterocycles. The van der Waals surface area contributed by atoms with Gasteiger partial charge in [-0.3, -0.25) is 9.59 Å². The third-order valence-electron chi connectivity index (χ3n) is 5.36. The minimum atomic E-state index is -0.261. The first-order valence-corrected chi connectivity index (χ1v) is 9.56. The van der Waals surface area contributed by atoms with Crippen LogP contribution in [0.4, 0.5) is 0 Å². The number of hydrogen-bond donors (Lipinski definition) is 1. The van der Waals surface area contributed by atoms with Crippen LogP contribution in [-0.2, 0) is 11.3 Å². The predicted molar refractivity (Wildman–Crippen MR) is 103 cm³/mol. The van der Waals surface area contributed by atoms with Crippen molar-refractivity contribution in [1.29, 1.82) is 0 Å². The van der Waals surface area contributed by atoms with E-state index in [2.05, 4.69) is 17.3 Å². The summed E-state index contributed by atoms with van der Waals surface area (Å²) >= 11 is 0. The molecule has 5 heteroatoms. The standard InChI is InChI=1S/C21H27N3O2/c1-2-16-8-10-17(11-9-16)14-22-20(25)15-24-21(26)13-12-19(23-24)18-6-4-3-5-7-18/h3-7,12-13,16-17H,2,8-11,14-15H2,1H3,(H,22,25). The Hall–Kier alpha value is -2.43. The second kappa shape index (κ2) is 8.79. The fourth-order valence-corrected chi connectivity index (χ4v) is 3.62. The fraction of sp³-hybridized carbons (Fsp3) is 0.476. The zero-order valence-electron chi connectivity index (χ0n) is 15.4. The molecule has 0 radical (unpaired) electrons. The average Bonchev–Trinajstić information content (AvgIpc) is 2.69. The third kappa shape index (κ3) is 4.81. The number of amides is 1. The van der Waals surface area contributed by atoms with Crippen LogP contribution in [0.3, 0.4) is 0 Å². The Labute approximate surface area is 154 Å². The number of carbonyl (C=O) groups is 1. The van der Waals surface area contributed by atoms with Gasteiger partial charge in [-0.1, -0.05) is 56.5 Å². The molecule has 0 atom stereocenters. The van der Waals surface area contributed by atoms with Crippen molar-refractivity contribution in [3.63, 3.8) is 0 Å². The number of nitrogens with one attached hydrogen (secondary N) is 1. The molecule has 0 spiro atoms. The molecule has 1 saturated carbocycles. The Morgan fingerprint density at radius 1 is 1.08 bits per heavy atom. The lowest BCUT2D eigenvalue weighted by Crippen LogP contribution is -2.36. The zero-order chi connectivity index (χ0) is 18.4. The average molecular weight is 353 g/mol. The molecule has 1 aliphatic rings. The van der Waals surface area contributed by atoms with Gasteiger partial charge in [0.15, 0.2) is 0 Å². The van der Waals surface area contributed by atoms with Crippen LogP contribution in [0.5, 0.6) is 0 Å². The molecule has 1 fully saturated rings. The molecule has 3 rings (SSSR count). The van der Waals surface area contributed by atoms with Gasteiger partial charge in [0.2, 0.25) is 5.91 Å². The van der Waals surface area contributed by atoms with Crippen molar-refractivity contribution in [2.24, 2.45) is 11.8 Å². The Morgan fingerprint density at radius 3 is 2.46 bits per heavy atom. The van der Waals surface area contributed by atoms with Crippen LogP contribution in [0.15, 0.2) is 47.3 Å². The highest BCUT2D eigenvalue weighted by Crippen LogP contribution is 2.30. The van der Waals surface area contributed by atoms with E-state index in [1.807, 2.05) is 30.3 Å². The van der Waals surface area contributed by atoms with E-state index in [1.54, 1.807) is 6.07 Å². The normalized spacial score (nSPS) is 19.9.